The number of urea groups is 1. The van der Waals surface area contributed by atoms with Crippen LogP contribution in [0.3, 0.4) is 0 Å². The lowest BCUT2D eigenvalue weighted by Gasteiger charge is -2.44. The maximum Gasteiger partial charge on any atom is 0.315 e. The van der Waals surface area contributed by atoms with Gasteiger partial charge >= 0.3 is 6.03 Å². The Bertz CT molecular complexity index is 1440. The summed E-state index contributed by atoms with van der Waals surface area (Å²) < 4.78 is 25.9. The van der Waals surface area contributed by atoms with Gasteiger partial charge < -0.3 is 26.2 Å². The van der Waals surface area contributed by atoms with Crippen molar-refractivity contribution >= 4 is 39.4 Å². The minimum atomic E-state index is -3.57. The molecule has 294 valence electrons. The monoisotopic (exact) mass is 747 g/mol. The van der Waals surface area contributed by atoms with E-state index in [-0.39, 0.29) is 36.0 Å². The van der Waals surface area contributed by atoms with E-state index >= 15 is 0 Å². The van der Waals surface area contributed by atoms with Crippen molar-refractivity contribution in [3.8, 4) is 0 Å². The lowest BCUT2D eigenvalue weighted by atomic mass is 9.70. The van der Waals surface area contributed by atoms with Crippen molar-refractivity contribution in [1.29, 1.82) is 0 Å². The van der Waals surface area contributed by atoms with E-state index < -0.39 is 67.3 Å². The number of hydrogen-bond donors (Lipinski definition) is 4. The van der Waals surface area contributed by atoms with Crippen LogP contribution >= 0.6 is 0 Å². The molecule has 0 aromatic heterocycles. The molecule has 1 unspecified atom stereocenters. The highest BCUT2D eigenvalue weighted by Crippen LogP contribution is 2.41. The number of nitrogens with zero attached hydrogens (tertiary/aromatic N) is 1. The average Bonchev–Trinajstić information content (AvgIpc) is 3.77. The molecule has 12 nitrogen and oxygen atoms in total. The number of Topliss-reactive ketones (excluding diaryl/α,β-unsaturated/α-hetero) is 1. The van der Waals surface area contributed by atoms with Crippen LogP contribution in [0.25, 0.3) is 0 Å². The fraction of sp³-hybridized carbons (Fsp3) is 0.821. The van der Waals surface area contributed by atoms with E-state index in [9.17, 15) is 32.4 Å². The van der Waals surface area contributed by atoms with Crippen molar-refractivity contribution in [1.82, 2.24) is 26.2 Å². The Hall–Kier alpha value is -2.96. The van der Waals surface area contributed by atoms with Crippen LogP contribution in [-0.2, 0) is 29.0 Å². The van der Waals surface area contributed by atoms with Gasteiger partial charge in [-0.25, -0.2) is 13.2 Å². The smallest absolute Gasteiger partial charge is 0.315 e. The highest BCUT2D eigenvalue weighted by molar-refractivity contribution is 7.92. The second kappa shape index (κ2) is 17.0. The third kappa shape index (κ3) is 10.4. The largest absolute Gasteiger partial charge is 0.346 e. The molecule has 4 atom stereocenters. The van der Waals surface area contributed by atoms with Gasteiger partial charge in [-0.3, -0.25) is 19.2 Å². The van der Waals surface area contributed by atoms with Crippen LogP contribution in [0.15, 0.2) is 12.7 Å². The predicted octanol–water partition coefficient (Wildman–Crippen LogP) is 4.57. The first kappa shape index (κ1) is 41.8. The van der Waals surface area contributed by atoms with Crippen LogP contribution in [0.2, 0.25) is 0 Å². The summed E-state index contributed by atoms with van der Waals surface area (Å²) in [5, 5.41) is 11.5. The molecule has 4 fully saturated rings. The SMILES string of the molecule is C=CCNC(=O)C(=O)C(CC1CC1)NC(=O)[C@@H]1C[C@@H](C(C)C)CN1C(=O)[C@@H](NC(=O)NC1(CS(=O)(=O)C(C)(C)C)CCCCC1)C1(C)CCCCC1. The zero-order chi connectivity index (χ0) is 38.5. The van der Waals surface area contributed by atoms with Crippen molar-refractivity contribution in [2.75, 3.05) is 18.8 Å². The molecule has 4 aliphatic rings. The van der Waals surface area contributed by atoms with Gasteiger partial charge in [0.15, 0.2) is 9.84 Å². The first-order valence-corrected chi connectivity index (χ1v) is 21.3. The van der Waals surface area contributed by atoms with Gasteiger partial charge in [-0.1, -0.05) is 78.2 Å². The Morgan fingerprint density at radius 3 is 2.06 bits per heavy atom. The summed E-state index contributed by atoms with van der Waals surface area (Å²) in [6, 6.07) is -3.42. The molecule has 3 aliphatic carbocycles. The first-order valence-electron chi connectivity index (χ1n) is 19.7. The van der Waals surface area contributed by atoms with Crippen molar-refractivity contribution in [3.63, 3.8) is 0 Å². The summed E-state index contributed by atoms with van der Waals surface area (Å²) in [5.41, 5.74) is -1.54. The number of amides is 5. The zero-order valence-corrected chi connectivity index (χ0v) is 33.3. The molecular formula is C39H65N5O7S. The zero-order valence-electron chi connectivity index (χ0n) is 32.5. The fourth-order valence-corrected chi connectivity index (χ4v) is 9.83. The third-order valence-corrected chi connectivity index (χ3v) is 15.0. The molecule has 1 saturated heterocycles. The quantitative estimate of drug-likeness (QED) is 0.141. The van der Waals surface area contributed by atoms with E-state index in [2.05, 4.69) is 41.7 Å². The Morgan fingerprint density at radius 2 is 1.52 bits per heavy atom. The minimum absolute atomic E-state index is 0.00919. The summed E-state index contributed by atoms with van der Waals surface area (Å²) in [7, 11) is -3.57. The maximum absolute atomic E-state index is 14.9. The molecule has 4 N–H and O–H groups in total. The van der Waals surface area contributed by atoms with Crippen molar-refractivity contribution < 1.29 is 32.4 Å². The number of nitrogens with one attached hydrogen (secondary N) is 4. The summed E-state index contributed by atoms with van der Waals surface area (Å²) in [5.74, 6) is -2.08. The summed E-state index contributed by atoms with van der Waals surface area (Å²) in [6.07, 6.45) is 11.9. The van der Waals surface area contributed by atoms with Crippen LogP contribution in [0.4, 0.5) is 4.79 Å². The molecule has 1 heterocycles. The highest BCUT2D eigenvalue weighted by Gasteiger charge is 2.50. The standard InChI is InChI=1S/C39H65N5O7S/c1-8-21-40-34(47)31(45)29(22-27-15-16-27)41-33(46)30-23-28(26(2)3)24-44(30)35(48)32(38(7)17-11-9-12-18-38)42-36(49)43-39(19-13-10-14-20-39)25-52(50,51)37(4,5)6/h8,26-30,32H,1,9-25H2,2-7H3,(H,40,47)(H,41,46)(H2,42,43,49)/t28-,29?,30+,32-/m1/s1. The summed E-state index contributed by atoms with van der Waals surface area (Å²) >= 11 is 0. The normalized spacial score (nSPS) is 24.3. The number of ketones is 1. The van der Waals surface area contributed by atoms with Gasteiger partial charge in [-0.15, -0.1) is 6.58 Å². The number of carbonyl (C=O) groups is 5. The van der Waals surface area contributed by atoms with E-state index in [4.69, 9.17) is 0 Å². The van der Waals surface area contributed by atoms with Gasteiger partial charge in [-0.05, 0) is 82.5 Å². The second-order valence-electron chi connectivity index (χ2n) is 17.8. The van der Waals surface area contributed by atoms with Crippen LogP contribution in [0.5, 0.6) is 0 Å². The fourth-order valence-electron chi connectivity index (χ4n) is 8.31. The summed E-state index contributed by atoms with van der Waals surface area (Å²) in [6.45, 7) is 15.2. The third-order valence-electron chi connectivity index (χ3n) is 12.2. The minimum Gasteiger partial charge on any atom is -0.346 e. The molecule has 13 heteroatoms. The van der Waals surface area contributed by atoms with Crippen LogP contribution < -0.4 is 21.3 Å². The van der Waals surface area contributed by atoms with Gasteiger partial charge in [0.05, 0.1) is 22.1 Å². The Labute approximate surface area is 311 Å². The van der Waals surface area contributed by atoms with E-state index in [1.807, 2.05) is 6.92 Å². The first-order chi connectivity index (χ1) is 24.3. The number of carbonyl (C=O) groups excluding carboxylic acids is 5. The predicted molar refractivity (Wildman–Crippen MR) is 202 cm³/mol. The number of sulfone groups is 1. The van der Waals surface area contributed by atoms with Gasteiger partial charge in [0, 0.05) is 13.1 Å². The van der Waals surface area contributed by atoms with Crippen molar-refractivity contribution in [2.45, 2.75) is 160 Å². The number of likely N-dealkylation sites (tertiary alicyclic amines) is 1. The second-order valence-corrected chi connectivity index (χ2v) is 20.6. The summed E-state index contributed by atoms with van der Waals surface area (Å²) in [4.78, 5) is 70.6. The van der Waals surface area contributed by atoms with Crippen LogP contribution in [0.1, 0.15) is 131 Å². The van der Waals surface area contributed by atoms with Crippen LogP contribution in [0, 0.1) is 23.2 Å². The molecule has 0 spiro atoms. The average molecular weight is 748 g/mol. The van der Waals surface area contributed by atoms with Gasteiger partial charge in [0.2, 0.25) is 17.6 Å². The lowest BCUT2D eigenvalue weighted by Crippen LogP contribution is -2.64. The number of rotatable bonds is 15. The van der Waals surface area contributed by atoms with Crippen LogP contribution in [-0.4, -0.2) is 90.1 Å². The van der Waals surface area contributed by atoms with E-state index in [0.29, 0.717) is 45.1 Å². The molecule has 3 saturated carbocycles. The Kier molecular flexibility index (Phi) is 13.7. The van der Waals surface area contributed by atoms with Crippen molar-refractivity contribution in [2.24, 2.45) is 23.2 Å². The Balaban J connectivity index is 1.61. The van der Waals surface area contributed by atoms with E-state index in [0.717, 1.165) is 51.4 Å². The van der Waals surface area contributed by atoms with Gasteiger partial charge in [0.25, 0.3) is 5.91 Å². The molecule has 4 rings (SSSR count). The topological polar surface area (TPSA) is 171 Å². The van der Waals surface area contributed by atoms with Crippen molar-refractivity contribution in [3.05, 3.63) is 12.7 Å². The van der Waals surface area contributed by atoms with Gasteiger partial charge in [-0.2, -0.15) is 0 Å². The molecule has 0 aromatic rings. The highest BCUT2D eigenvalue weighted by atomic mass is 32.2. The maximum atomic E-state index is 14.9. The van der Waals surface area contributed by atoms with Gasteiger partial charge in [0.1, 0.15) is 12.1 Å². The van der Waals surface area contributed by atoms with E-state index in [1.165, 1.54) is 6.08 Å². The lowest BCUT2D eigenvalue weighted by molar-refractivity contribution is -0.144. The molecule has 5 amide bonds. The number of hydrogen-bond acceptors (Lipinski definition) is 7. The molecular weight excluding hydrogens is 683 g/mol. The molecule has 52 heavy (non-hydrogen) atoms. The van der Waals surface area contributed by atoms with E-state index in [1.54, 1.807) is 25.7 Å². The molecule has 1 aliphatic heterocycles. The molecule has 0 bridgehead atoms. The molecule has 0 aromatic carbocycles. The Morgan fingerprint density at radius 1 is 0.923 bits per heavy atom. The molecule has 0 radical (unpaired) electrons.